The van der Waals surface area contributed by atoms with Crippen LogP contribution >= 0.6 is 0 Å². The van der Waals surface area contributed by atoms with Crippen LogP contribution in [0, 0.1) is 20.0 Å². The van der Waals surface area contributed by atoms with Gasteiger partial charge >= 0.3 is 85.3 Å². The Morgan fingerprint density at radius 2 is 1.00 bits per heavy atom. The summed E-state index contributed by atoms with van der Waals surface area (Å²) in [5.74, 6) is 0. The van der Waals surface area contributed by atoms with Crippen LogP contribution in [-0.2, 0) is 35.0 Å². The van der Waals surface area contributed by atoms with Crippen molar-refractivity contribution in [3.8, 4) is 0 Å². The minimum atomic E-state index is 0. The Labute approximate surface area is 134 Å². The fourth-order valence-corrected chi connectivity index (χ4v) is 0.321. The van der Waals surface area contributed by atoms with Gasteiger partial charge in [0.25, 0.3) is 0 Å². The maximum atomic E-state index is 7.50. The van der Waals surface area contributed by atoms with Crippen LogP contribution in [0.5, 0.6) is 0 Å². The Morgan fingerprint density at radius 3 is 1.08 bits per heavy atom. The molecule has 0 aliphatic heterocycles. The second kappa shape index (κ2) is 52.5. The van der Waals surface area contributed by atoms with E-state index in [2.05, 4.69) is 20.0 Å². The molecule has 1 rings (SSSR count). The van der Waals surface area contributed by atoms with Crippen LogP contribution in [0.4, 0.5) is 0 Å². The second-order valence-electron chi connectivity index (χ2n) is 0.962. The first-order valence-electron chi connectivity index (χ1n) is 2.28. The fourth-order valence-electron chi connectivity index (χ4n) is 0.321. The van der Waals surface area contributed by atoms with Crippen LogP contribution in [0.25, 0.3) is 0 Å². The van der Waals surface area contributed by atoms with Gasteiger partial charge in [-0.05, 0) is 0 Å². The van der Waals surface area contributed by atoms with Crippen molar-refractivity contribution < 1.29 is 86.4 Å². The predicted molar refractivity (Wildman–Crippen MR) is 33.8 cm³/mol. The van der Waals surface area contributed by atoms with Crippen LogP contribution in [0.3, 0.4) is 0 Å². The summed E-state index contributed by atoms with van der Waals surface area (Å²) in [6.07, 6.45) is 0. The molecule has 5 heteroatoms. The van der Waals surface area contributed by atoms with Gasteiger partial charge in [0.05, 0.1) is 0 Å². The molecule has 0 aromatic heterocycles. The molecule has 0 aliphatic carbocycles. The van der Waals surface area contributed by atoms with Crippen molar-refractivity contribution in [2.75, 3.05) is 0 Å². The quantitative estimate of drug-likeness (QED) is 0.296. The molecule has 1 aromatic rings. The van der Waals surface area contributed by atoms with E-state index in [1.54, 1.807) is 0 Å². The van der Waals surface area contributed by atoms with Gasteiger partial charge in [0.2, 0.25) is 0 Å². The molecular formula is C8H5KO3W. The van der Waals surface area contributed by atoms with Gasteiger partial charge in [-0.3, -0.25) is 0 Å². The molecule has 0 fully saturated rings. The van der Waals surface area contributed by atoms with Gasteiger partial charge in [-0.1, -0.05) is 0 Å². The Kier molecular flexibility index (Phi) is 118. The minimum absolute atomic E-state index is 0. The summed E-state index contributed by atoms with van der Waals surface area (Å²) in [6, 6.07) is 10.0. The van der Waals surface area contributed by atoms with Gasteiger partial charge in [0.15, 0.2) is 0 Å². The summed E-state index contributed by atoms with van der Waals surface area (Å²) in [6.45, 7) is 13.5. The maximum absolute atomic E-state index is 7.50. The van der Waals surface area contributed by atoms with Crippen LogP contribution in [0.2, 0.25) is 0 Å². The van der Waals surface area contributed by atoms with Gasteiger partial charge in [-0.25, -0.2) is 12.1 Å². The number of hydrogen-bond acceptors (Lipinski definition) is 0. The van der Waals surface area contributed by atoms with Crippen molar-refractivity contribution in [1.82, 2.24) is 0 Å². The third kappa shape index (κ3) is 44.0. The van der Waals surface area contributed by atoms with E-state index in [4.69, 9.17) is 14.0 Å². The SMILES string of the molecule is [C-]#[O+].[C-]#[O+].[C-]#[O+].[K+].[W].c1cc[cH-]c1. The topological polar surface area (TPSA) is 59.7 Å². The molecular weight excluding hydrogens is 367 g/mol. The Hall–Kier alpha value is 0.895. The molecule has 0 bridgehead atoms. The van der Waals surface area contributed by atoms with E-state index in [-0.39, 0.29) is 72.4 Å². The van der Waals surface area contributed by atoms with E-state index in [9.17, 15) is 0 Å². The van der Waals surface area contributed by atoms with E-state index in [1.165, 1.54) is 0 Å². The van der Waals surface area contributed by atoms with E-state index in [0.717, 1.165) is 0 Å². The zero-order chi connectivity index (χ0) is 9.54. The molecule has 3 nitrogen and oxygen atoms in total. The monoisotopic (exact) mass is 372 g/mol. The summed E-state index contributed by atoms with van der Waals surface area (Å²) in [5.41, 5.74) is 0. The largest absolute Gasteiger partial charge is 1.00 e. The van der Waals surface area contributed by atoms with E-state index in [0.29, 0.717) is 0 Å². The summed E-state index contributed by atoms with van der Waals surface area (Å²) in [5, 5.41) is 0. The van der Waals surface area contributed by atoms with Crippen molar-refractivity contribution in [3.05, 3.63) is 50.3 Å². The molecule has 62 valence electrons. The van der Waals surface area contributed by atoms with E-state index < -0.39 is 0 Å². The zero-order valence-electron chi connectivity index (χ0n) is 7.02. The first-order chi connectivity index (χ1) is 5.50. The molecule has 0 saturated heterocycles. The number of rotatable bonds is 0. The van der Waals surface area contributed by atoms with E-state index >= 15 is 0 Å². The van der Waals surface area contributed by atoms with Gasteiger partial charge in [0.1, 0.15) is 0 Å². The molecule has 1 aromatic carbocycles. The average Bonchev–Trinajstić information content (AvgIpc) is 2.71. The second-order valence-corrected chi connectivity index (χ2v) is 0.962. The molecule has 0 amide bonds. The van der Waals surface area contributed by atoms with Gasteiger partial charge in [0, 0.05) is 21.1 Å². The molecule has 0 radical (unpaired) electrons. The molecule has 0 spiro atoms. The van der Waals surface area contributed by atoms with Crippen LogP contribution in [0.15, 0.2) is 30.3 Å². The molecule has 0 atom stereocenters. The average molecular weight is 372 g/mol. The summed E-state index contributed by atoms with van der Waals surface area (Å²) in [4.78, 5) is 0. The van der Waals surface area contributed by atoms with Crippen LogP contribution < -0.4 is 51.4 Å². The molecule has 13 heavy (non-hydrogen) atoms. The van der Waals surface area contributed by atoms with Crippen LogP contribution in [-0.4, -0.2) is 0 Å². The third-order valence-electron chi connectivity index (χ3n) is 0.556. The maximum Gasteiger partial charge on any atom is 1.00 e. The molecule has 0 saturated carbocycles. The van der Waals surface area contributed by atoms with Crippen molar-refractivity contribution in [3.63, 3.8) is 0 Å². The first kappa shape index (κ1) is 29.2. The normalized spacial score (nSPS) is 3.54. The predicted octanol–water partition coefficient (Wildman–Crippen LogP) is -1.71. The standard InChI is InChI=1S/C5H5.3CO.K.W/c1-2-4-5-3-1;3*1-2;;/h1-5H;;;;;/q-1;;;;+1;. The van der Waals surface area contributed by atoms with Crippen molar-refractivity contribution >= 4 is 0 Å². The summed E-state index contributed by atoms with van der Waals surface area (Å²) < 4.78 is 22.5. The molecule has 0 unspecified atom stereocenters. The van der Waals surface area contributed by atoms with Gasteiger partial charge in [-0.15, -0.1) is 0 Å². The Morgan fingerprint density at radius 1 is 0.769 bits per heavy atom. The molecule has 0 heterocycles. The summed E-state index contributed by atoms with van der Waals surface area (Å²) in [7, 11) is 0. The fraction of sp³-hybridized carbons (Fsp3) is 0. The van der Waals surface area contributed by atoms with E-state index in [1.807, 2.05) is 30.3 Å². The Balaban J connectivity index is -0.0000000239. The molecule has 0 aliphatic rings. The van der Waals surface area contributed by atoms with Crippen LogP contribution in [0.1, 0.15) is 0 Å². The summed E-state index contributed by atoms with van der Waals surface area (Å²) >= 11 is 0. The van der Waals surface area contributed by atoms with Crippen molar-refractivity contribution in [2.45, 2.75) is 0 Å². The van der Waals surface area contributed by atoms with Gasteiger partial charge in [-0.2, -0.15) is 18.2 Å². The number of hydrogen-bond donors (Lipinski definition) is 0. The zero-order valence-corrected chi connectivity index (χ0v) is 13.1. The van der Waals surface area contributed by atoms with Crippen molar-refractivity contribution in [2.24, 2.45) is 0 Å². The smallest absolute Gasteiger partial charge is 0.214 e. The third-order valence-corrected chi connectivity index (χ3v) is 0.556. The van der Waals surface area contributed by atoms with Crippen molar-refractivity contribution in [1.29, 1.82) is 0 Å². The van der Waals surface area contributed by atoms with Gasteiger partial charge < -0.3 is 0 Å². The first-order valence-corrected chi connectivity index (χ1v) is 2.28. The molecule has 0 N–H and O–H groups in total. The minimum Gasteiger partial charge on any atom is -0.214 e. The Bertz CT molecular complexity index is 148.